The Hall–Kier alpha value is -1.80. The van der Waals surface area contributed by atoms with Crippen LogP contribution in [-0.2, 0) is 0 Å². The minimum Gasteiger partial charge on any atom is -0.493 e. The summed E-state index contributed by atoms with van der Waals surface area (Å²) < 4.78 is 6.44. The van der Waals surface area contributed by atoms with Crippen LogP contribution in [0, 0.1) is 5.92 Å². The lowest BCUT2D eigenvalue weighted by atomic mass is 9.81. The van der Waals surface area contributed by atoms with Crippen molar-refractivity contribution in [3.63, 3.8) is 0 Å². The monoisotopic (exact) mass is 349 g/mol. The maximum Gasteiger partial charge on any atom is 0.122 e. The van der Waals surface area contributed by atoms with E-state index in [2.05, 4.69) is 59.9 Å². The second kappa shape index (κ2) is 8.73. The average Bonchev–Trinajstić information content (AvgIpc) is 2.74. The van der Waals surface area contributed by atoms with Gasteiger partial charge >= 0.3 is 0 Å². The van der Waals surface area contributed by atoms with E-state index in [1.807, 2.05) is 0 Å². The standard InChI is InChI=1S/C24H31NO/c1-3-9-19(10-4-1)22-15-16-25-17-21(22)18-26-24-14-8-7-13-23(24)20-11-5-2-6-12-20/h1,3-4,7-10,13-14,20-22,25H,2,5-6,11-12,15-18H2. The van der Waals surface area contributed by atoms with E-state index in [1.165, 1.54) is 49.7 Å². The van der Waals surface area contributed by atoms with E-state index in [9.17, 15) is 0 Å². The average molecular weight is 350 g/mol. The highest BCUT2D eigenvalue weighted by molar-refractivity contribution is 5.36. The smallest absolute Gasteiger partial charge is 0.122 e. The number of ether oxygens (including phenoxy) is 1. The predicted molar refractivity (Wildman–Crippen MR) is 108 cm³/mol. The summed E-state index contributed by atoms with van der Waals surface area (Å²) in [4.78, 5) is 0. The van der Waals surface area contributed by atoms with Crippen molar-refractivity contribution in [1.29, 1.82) is 0 Å². The van der Waals surface area contributed by atoms with Gasteiger partial charge in [0.05, 0.1) is 6.61 Å². The van der Waals surface area contributed by atoms with Gasteiger partial charge in [-0.25, -0.2) is 0 Å². The summed E-state index contributed by atoms with van der Waals surface area (Å²) in [5.74, 6) is 2.94. The molecule has 1 saturated carbocycles. The number of para-hydroxylation sites is 1. The highest BCUT2D eigenvalue weighted by Crippen LogP contribution is 2.38. The van der Waals surface area contributed by atoms with E-state index in [0.29, 0.717) is 17.8 Å². The fraction of sp³-hybridized carbons (Fsp3) is 0.500. The molecule has 1 N–H and O–H groups in total. The minimum atomic E-state index is 0.533. The Morgan fingerprint density at radius 2 is 1.62 bits per heavy atom. The van der Waals surface area contributed by atoms with E-state index in [-0.39, 0.29) is 0 Å². The molecule has 2 heteroatoms. The van der Waals surface area contributed by atoms with E-state index < -0.39 is 0 Å². The van der Waals surface area contributed by atoms with E-state index in [1.54, 1.807) is 0 Å². The van der Waals surface area contributed by atoms with Gasteiger partial charge in [-0.1, -0.05) is 67.8 Å². The molecule has 0 aromatic heterocycles. The van der Waals surface area contributed by atoms with Crippen LogP contribution in [0.3, 0.4) is 0 Å². The molecule has 2 fully saturated rings. The zero-order valence-corrected chi connectivity index (χ0v) is 15.7. The third-order valence-electron chi connectivity index (χ3n) is 6.25. The molecular formula is C24H31NO. The molecule has 2 nitrogen and oxygen atoms in total. The van der Waals surface area contributed by atoms with Crippen molar-refractivity contribution in [3.8, 4) is 5.75 Å². The molecule has 0 bridgehead atoms. The first-order valence-electron chi connectivity index (χ1n) is 10.4. The van der Waals surface area contributed by atoms with E-state index in [4.69, 9.17) is 4.74 Å². The molecular weight excluding hydrogens is 318 g/mol. The molecule has 2 aliphatic rings. The highest BCUT2D eigenvalue weighted by Gasteiger charge is 2.27. The zero-order chi connectivity index (χ0) is 17.6. The summed E-state index contributed by atoms with van der Waals surface area (Å²) in [6, 6.07) is 19.7. The Labute approximate surface area is 158 Å². The number of hydrogen-bond donors (Lipinski definition) is 1. The quantitative estimate of drug-likeness (QED) is 0.769. The van der Waals surface area contributed by atoms with Gasteiger partial charge < -0.3 is 10.1 Å². The van der Waals surface area contributed by atoms with Gasteiger partial charge in [0.2, 0.25) is 0 Å². The van der Waals surface area contributed by atoms with Gasteiger partial charge in [-0.2, -0.15) is 0 Å². The summed E-state index contributed by atoms with van der Waals surface area (Å²) >= 11 is 0. The first-order chi connectivity index (χ1) is 12.9. The molecule has 26 heavy (non-hydrogen) atoms. The summed E-state index contributed by atoms with van der Waals surface area (Å²) in [5.41, 5.74) is 2.90. The lowest BCUT2D eigenvalue weighted by Crippen LogP contribution is -2.38. The topological polar surface area (TPSA) is 21.3 Å². The number of hydrogen-bond acceptors (Lipinski definition) is 2. The lowest BCUT2D eigenvalue weighted by Gasteiger charge is -2.33. The molecule has 138 valence electrons. The van der Waals surface area contributed by atoms with Crippen LogP contribution in [0.5, 0.6) is 5.75 Å². The molecule has 1 aliphatic carbocycles. The van der Waals surface area contributed by atoms with Crippen LogP contribution in [0.4, 0.5) is 0 Å². The molecule has 2 atom stereocenters. The fourth-order valence-electron chi connectivity index (χ4n) is 4.80. The van der Waals surface area contributed by atoms with Gasteiger partial charge in [0, 0.05) is 12.5 Å². The van der Waals surface area contributed by atoms with E-state index in [0.717, 1.165) is 25.4 Å². The SMILES string of the molecule is c1ccc(C2CCNCC2COc2ccccc2C2CCCCC2)cc1. The minimum absolute atomic E-state index is 0.533. The maximum atomic E-state index is 6.44. The Balaban J connectivity index is 1.46. The van der Waals surface area contributed by atoms with Crippen molar-refractivity contribution in [2.45, 2.75) is 50.4 Å². The summed E-state index contributed by atoms with van der Waals surface area (Å²) in [6.07, 6.45) is 7.95. The summed E-state index contributed by atoms with van der Waals surface area (Å²) in [6.45, 7) is 2.95. The number of nitrogens with one attached hydrogen (secondary N) is 1. The van der Waals surface area contributed by atoms with Crippen LogP contribution in [0.2, 0.25) is 0 Å². The number of piperidine rings is 1. The molecule has 4 rings (SSSR count). The maximum absolute atomic E-state index is 6.44. The van der Waals surface area contributed by atoms with Crippen LogP contribution >= 0.6 is 0 Å². The normalized spacial score (nSPS) is 24.3. The Morgan fingerprint density at radius 3 is 2.46 bits per heavy atom. The van der Waals surface area contributed by atoms with E-state index >= 15 is 0 Å². The Kier molecular flexibility index (Phi) is 5.91. The summed E-state index contributed by atoms with van der Waals surface area (Å²) in [5, 5.41) is 3.57. The van der Waals surface area contributed by atoms with Crippen molar-refractivity contribution in [3.05, 3.63) is 65.7 Å². The molecule has 1 heterocycles. The molecule has 2 aromatic rings. The van der Waals surface area contributed by atoms with Crippen LogP contribution in [-0.4, -0.2) is 19.7 Å². The van der Waals surface area contributed by atoms with Crippen molar-refractivity contribution in [2.24, 2.45) is 5.92 Å². The molecule has 0 spiro atoms. The molecule has 1 aliphatic heterocycles. The zero-order valence-electron chi connectivity index (χ0n) is 15.7. The van der Waals surface area contributed by atoms with Crippen LogP contribution in [0.15, 0.2) is 54.6 Å². The Bertz CT molecular complexity index is 678. The van der Waals surface area contributed by atoms with Gasteiger partial charge in [-0.3, -0.25) is 0 Å². The molecule has 0 amide bonds. The predicted octanol–water partition coefficient (Wildman–Crippen LogP) is 5.51. The number of rotatable bonds is 5. The third-order valence-corrected chi connectivity index (χ3v) is 6.25. The van der Waals surface area contributed by atoms with Crippen molar-refractivity contribution in [2.75, 3.05) is 19.7 Å². The second-order valence-electron chi connectivity index (χ2n) is 7.95. The first-order valence-corrected chi connectivity index (χ1v) is 10.4. The van der Waals surface area contributed by atoms with Gasteiger partial charge in [-0.15, -0.1) is 0 Å². The third kappa shape index (κ3) is 4.12. The van der Waals surface area contributed by atoms with Crippen molar-refractivity contribution in [1.82, 2.24) is 5.32 Å². The largest absolute Gasteiger partial charge is 0.493 e. The molecule has 2 aromatic carbocycles. The van der Waals surface area contributed by atoms with Crippen LogP contribution < -0.4 is 10.1 Å². The van der Waals surface area contributed by atoms with Gasteiger partial charge in [0.15, 0.2) is 0 Å². The molecule has 2 unspecified atom stereocenters. The fourth-order valence-corrected chi connectivity index (χ4v) is 4.80. The van der Waals surface area contributed by atoms with Gasteiger partial charge in [-0.05, 0) is 54.8 Å². The summed E-state index contributed by atoms with van der Waals surface area (Å²) in [7, 11) is 0. The van der Waals surface area contributed by atoms with Crippen molar-refractivity contribution < 1.29 is 4.74 Å². The second-order valence-corrected chi connectivity index (χ2v) is 7.95. The highest BCUT2D eigenvalue weighted by atomic mass is 16.5. The Morgan fingerprint density at radius 1 is 0.846 bits per heavy atom. The van der Waals surface area contributed by atoms with Gasteiger partial charge in [0.1, 0.15) is 5.75 Å². The molecule has 0 radical (unpaired) electrons. The first kappa shape index (κ1) is 17.6. The van der Waals surface area contributed by atoms with Crippen molar-refractivity contribution >= 4 is 0 Å². The van der Waals surface area contributed by atoms with Gasteiger partial charge in [0.25, 0.3) is 0 Å². The molecule has 1 saturated heterocycles. The lowest BCUT2D eigenvalue weighted by molar-refractivity contribution is 0.194. The van der Waals surface area contributed by atoms with Crippen LogP contribution in [0.25, 0.3) is 0 Å². The number of benzene rings is 2. The van der Waals surface area contributed by atoms with Crippen LogP contribution in [0.1, 0.15) is 61.5 Å².